The molecule has 11 rings (SSSR count). The molecule has 0 aromatic heterocycles. The molecule has 0 aromatic carbocycles. The number of methoxy groups -OCH3 is 2. The first-order chi connectivity index (χ1) is 46.2. The van der Waals surface area contributed by atoms with Crippen molar-refractivity contribution in [1.82, 2.24) is 0 Å². The summed E-state index contributed by atoms with van der Waals surface area (Å²) >= 11 is 0. The molecule has 31 heteroatoms. The largest absolute Gasteiger partial charge is 0.462 e. The zero-order valence-electron chi connectivity index (χ0n) is 57.3. The maximum Gasteiger partial charge on any atom is 0.313 e. The van der Waals surface area contributed by atoms with Crippen LogP contribution in [0.5, 0.6) is 0 Å². The number of hydrogen-bond acceptors (Lipinski definition) is 31. The molecule has 7 heterocycles. The Hall–Kier alpha value is -2.66. The second-order valence-electron chi connectivity index (χ2n) is 30.5. The molecule has 0 bridgehead atoms. The Morgan fingerprint density at radius 3 is 1.76 bits per heavy atom. The van der Waals surface area contributed by atoms with Crippen LogP contribution in [0.25, 0.3) is 0 Å². The van der Waals surface area contributed by atoms with Crippen LogP contribution in [0.4, 0.5) is 0 Å². The molecule has 31 nitrogen and oxygen atoms in total. The first-order valence-corrected chi connectivity index (χ1v) is 34.5. The van der Waals surface area contributed by atoms with E-state index in [-0.39, 0.29) is 35.7 Å². The van der Waals surface area contributed by atoms with Crippen molar-refractivity contribution in [2.24, 2.45) is 39.4 Å². The van der Waals surface area contributed by atoms with Gasteiger partial charge in [-0.25, -0.2) is 0 Å². The lowest BCUT2D eigenvalue weighted by Gasteiger charge is -2.64. The number of esters is 2. The van der Waals surface area contributed by atoms with E-state index in [0.717, 1.165) is 24.8 Å². The smallest absolute Gasteiger partial charge is 0.313 e. The average Bonchev–Trinajstić information content (AvgIpc) is 1.46. The third-order valence-electron chi connectivity index (χ3n) is 24.2. The van der Waals surface area contributed by atoms with Crippen LogP contribution in [0.2, 0.25) is 0 Å². The number of carbonyl (C=O) groups is 2. The molecule has 36 unspecified atom stereocenters. The van der Waals surface area contributed by atoms with E-state index < -0.39 is 232 Å². The fourth-order valence-corrected chi connectivity index (χ4v) is 19.1. The van der Waals surface area contributed by atoms with Gasteiger partial charge in [0.15, 0.2) is 37.7 Å². The van der Waals surface area contributed by atoms with Gasteiger partial charge in [-0.15, -0.1) is 6.58 Å². The summed E-state index contributed by atoms with van der Waals surface area (Å²) in [6, 6.07) is 0. The van der Waals surface area contributed by atoms with E-state index in [0.29, 0.717) is 38.5 Å². The number of aliphatic hydroxyl groups is 13. The number of allylic oxidation sites excluding steroid dienone is 2. The second-order valence-corrected chi connectivity index (χ2v) is 30.5. The van der Waals surface area contributed by atoms with Crippen LogP contribution >= 0.6 is 0 Å². The SMILES string of the molecule is C=C(C)CC(CC1(C)OC(=O)C23CCC4C(=CCC5C(C)(C)C(OC6OCC(OC7OC(CO)C(O)C(OC8OCC(O)C(OC)C8O)C7O)C(O)C6OC6OC(C)C(OC7OCC(O)C(OC8OC(CO)C(O)C(OC)C8O)C7O)C(O)C6O)CCC45C)C2(C)CCC13)OC(C)=O. The molecule has 7 saturated heterocycles. The van der Waals surface area contributed by atoms with E-state index in [4.69, 9.17) is 75.8 Å². The Balaban J connectivity index is 0.824. The number of carbonyl (C=O) groups excluding carboxylic acids is 2. The molecule has 1 spiro atoms. The van der Waals surface area contributed by atoms with Gasteiger partial charge in [0.2, 0.25) is 0 Å². The van der Waals surface area contributed by atoms with Gasteiger partial charge in [0.25, 0.3) is 0 Å². The van der Waals surface area contributed by atoms with Crippen molar-refractivity contribution in [3.8, 4) is 0 Å². The number of rotatable bonds is 21. The lowest BCUT2D eigenvalue weighted by atomic mass is 9.41. The van der Waals surface area contributed by atoms with Crippen LogP contribution in [-0.4, -0.2) is 309 Å². The van der Waals surface area contributed by atoms with Gasteiger partial charge < -0.3 is 142 Å². The van der Waals surface area contributed by atoms with E-state index in [9.17, 15) is 76.0 Å². The number of aliphatic hydroxyl groups excluding tert-OH is 13. The summed E-state index contributed by atoms with van der Waals surface area (Å²) < 4.78 is 95.9. The van der Waals surface area contributed by atoms with Gasteiger partial charge in [-0.1, -0.05) is 44.9 Å². The van der Waals surface area contributed by atoms with Gasteiger partial charge in [0, 0.05) is 45.3 Å². The molecular weight excluding hydrogens is 1300 g/mol. The monoisotopic (exact) mass is 1410 g/mol. The highest BCUT2D eigenvalue weighted by molar-refractivity contribution is 5.83. The molecule has 0 aromatic rings. The maximum absolute atomic E-state index is 14.8. The summed E-state index contributed by atoms with van der Waals surface area (Å²) in [6.45, 7) is 16.7. The summed E-state index contributed by atoms with van der Waals surface area (Å²) in [5.74, 6) is -0.656. The van der Waals surface area contributed by atoms with Crippen molar-refractivity contribution >= 4 is 11.9 Å². The Bertz CT molecular complexity index is 2780. The van der Waals surface area contributed by atoms with Gasteiger partial charge in [-0.05, 0) is 88.4 Å². The standard InChI is InChI=1S/C67H106O31/c1-27(2)20-30(89-29(4)70)21-66(9)39-15-18-65(8)32-12-13-38-63(5,6)40(16-17-64(38,7)31(32)14-19-67(39,65)62(82)98-66)93-61-55(43(75)37(26-87-61)92-59-49(81)54(42(74)36(23-69)90-59)96-56-46(78)51(83-10)33(71)24-85-56)97-58-45(77)44(76)50(28(3)88-58)94-57-47(79)52(34(72)25-86-57)95-60-48(80)53(84-11)41(73)35(22-68)91-60/h12,28,30-31,33-61,68-69,71-81H,1,13-26H2,2-11H3. The fourth-order valence-electron chi connectivity index (χ4n) is 19.1. The van der Waals surface area contributed by atoms with Crippen LogP contribution < -0.4 is 0 Å². The Kier molecular flexibility index (Phi) is 23.2. The van der Waals surface area contributed by atoms with Crippen LogP contribution in [0.3, 0.4) is 0 Å². The van der Waals surface area contributed by atoms with E-state index in [2.05, 4.69) is 40.3 Å². The summed E-state index contributed by atoms with van der Waals surface area (Å²) in [4.78, 5) is 27.1. The predicted octanol–water partition coefficient (Wildman–Crippen LogP) is -2.27. The minimum Gasteiger partial charge on any atom is -0.462 e. The Morgan fingerprint density at radius 2 is 1.13 bits per heavy atom. The molecule has 3 saturated carbocycles. The second kappa shape index (κ2) is 29.7. The van der Waals surface area contributed by atoms with Crippen molar-refractivity contribution in [3.05, 3.63) is 23.8 Å². The van der Waals surface area contributed by atoms with Gasteiger partial charge in [-0.2, -0.15) is 0 Å². The van der Waals surface area contributed by atoms with E-state index in [1.54, 1.807) is 0 Å². The van der Waals surface area contributed by atoms with Crippen molar-refractivity contribution < 1.29 is 152 Å². The van der Waals surface area contributed by atoms with Crippen molar-refractivity contribution in [3.63, 3.8) is 0 Å². The van der Waals surface area contributed by atoms with E-state index in [1.807, 2.05) is 13.8 Å². The van der Waals surface area contributed by atoms with Gasteiger partial charge in [0.05, 0.1) is 50.7 Å². The molecular formula is C67H106O31. The zero-order chi connectivity index (χ0) is 71.2. The molecule has 0 amide bonds. The molecule has 560 valence electrons. The molecule has 0 radical (unpaired) electrons. The van der Waals surface area contributed by atoms with E-state index in [1.165, 1.54) is 33.6 Å². The maximum atomic E-state index is 14.8. The van der Waals surface area contributed by atoms with Crippen LogP contribution in [0.1, 0.15) is 113 Å². The van der Waals surface area contributed by atoms with Crippen LogP contribution in [-0.2, 0) is 85.4 Å². The van der Waals surface area contributed by atoms with Gasteiger partial charge >= 0.3 is 11.9 Å². The highest BCUT2D eigenvalue weighted by Gasteiger charge is 2.76. The highest BCUT2D eigenvalue weighted by Crippen LogP contribution is 2.76. The van der Waals surface area contributed by atoms with Crippen molar-refractivity contribution in [2.45, 2.75) is 297 Å². The number of ether oxygens (including phenoxy) is 16. The first kappa shape index (κ1) is 76.5. The first-order valence-electron chi connectivity index (χ1n) is 34.5. The normalized spacial score (nSPS) is 51.2. The quantitative estimate of drug-likeness (QED) is 0.0426. The highest BCUT2D eigenvalue weighted by atomic mass is 16.8. The number of fused-ring (bicyclic) bond motifs is 4. The average molecular weight is 1410 g/mol. The number of cyclic esters (lactones) is 1. The minimum absolute atomic E-state index is 0.00900. The summed E-state index contributed by atoms with van der Waals surface area (Å²) in [6.07, 6.45) is -36.6. The number of hydrogen-bond donors (Lipinski definition) is 13. The Morgan fingerprint density at radius 1 is 0.582 bits per heavy atom. The van der Waals surface area contributed by atoms with Crippen molar-refractivity contribution in [1.29, 1.82) is 0 Å². The lowest BCUT2D eigenvalue weighted by Crippen LogP contribution is -2.66. The summed E-state index contributed by atoms with van der Waals surface area (Å²) in [7, 11) is 2.46. The zero-order valence-corrected chi connectivity index (χ0v) is 57.3. The van der Waals surface area contributed by atoms with Crippen molar-refractivity contribution in [2.75, 3.05) is 47.3 Å². The third kappa shape index (κ3) is 13.6. The summed E-state index contributed by atoms with van der Waals surface area (Å²) in [5, 5.41) is 146. The van der Waals surface area contributed by atoms with Crippen LogP contribution in [0, 0.1) is 39.4 Å². The Labute approximate surface area is 569 Å². The molecule has 11 aliphatic rings. The van der Waals surface area contributed by atoms with Crippen LogP contribution in [0.15, 0.2) is 23.8 Å². The lowest BCUT2D eigenvalue weighted by molar-refractivity contribution is -0.393. The molecule has 4 aliphatic carbocycles. The molecule has 10 fully saturated rings. The van der Waals surface area contributed by atoms with Gasteiger partial charge in [-0.3, -0.25) is 9.59 Å². The summed E-state index contributed by atoms with van der Waals surface area (Å²) in [5.41, 5.74) is -0.993. The third-order valence-corrected chi connectivity index (χ3v) is 24.2. The predicted molar refractivity (Wildman–Crippen MR) is 329 cm³/mol. The molecule has 36 atom stereocenters. The van der Waals surface area contributed by atoms with E-state index >= 15 is 0 Å². The minimum atomic E-state index is -2.01. The molecule has 13 N–H and O–H groups in total. The van der Waals surface area contributed by atoms with Gasteiger partial charge in [0.1, 0.15) is 134 Å². The topological polar surface area (TPSA) is 445 Å². The fraction of sp³-hybridized carbons (Fsp3) is 0.910. The molecule has 7 aliphatic heterocycles. The molecule has 98 heavy (non-hydrogen) atoms.